The molecule has 96 valence electrons. The van der Waals surface area contributed by atoms with Crippen molar-refractivity contribution < 1.29 is 4.74 Å². The quantitative estimate of drug-likeness (QED) is 0.733. The zero-order valence-corrected chi connectivity index (χ0v) is 10.5. The zero-order chi connectivity index (χ0) is 12.1. The number of aryl methyl sites for hydroxylation is 1. The third-order valence-corrected chi connectivity index (χ3v) is 3.14. The molecule has 17 heavy (non-hydrogen) atoms. The van der Waals surface area contributed by atoms with Gasteiger partial charge in [-0.05, 0) is 25.3 Å². The molecule has 1 saturated carbocycles. The van der Waals surface area contributed by atoms with Gasteiger partial charge in [0, 0.05) is 39.0 Å². The van der Waals surface area contributed by atoms with E-state index in [1.807, 2.05) is 16.9 Å². The summed E-state index contributed by atoms with van der Waals surface area (Å²) in [5.41, 5.74) is 5.58. The van der Waals surface area contributed by atoms with Crippen LogP contribution in [0.15, 0.2) is 12.3 Å². The second-order valence-corrected chi connectivity index (χ2v) is 4.62. The third kappa shape index (κ3) is 4.02. The maximum absolute atomic E-state index is 5.58. The monoisotopic (exact) mass is 238 g/mol. The van der Waals surface area contributed by atoms with Crippen LogP contribution in [-0.2, 0) is 11.3 Å². The number of hydrogen-bond acceptors (Lipinski definition) is 4. The van der Waals surface area contributed by atoms with Crippen LogP contribution >= 0.6 is 0 Å². The lowest BCUT2D eigenvalue weighted by molar-refractivity contribution is 0.141. The number of nitrogens with zero attached hydrogens (tertiary/aromatic N) is 3. The highest BCUT2D eigenvalue weighted by Crippen LogP contribution is 2.26. The molecular formula is C12H22N4O. The number of nitrogen functional groups attached to an aromatic ring is 1. The van der Waals surface area contributed by atoms with Crippen LogP contribution in [0, 0.1) is 0 Å². The fraction of sp³-hybridized carbons (Fsp3) is 0.750. The average molecular weight is 238 g/mol. The van der Waals surface area contributed by atoms with Crippen molar-refractivity contribution in [3.63, 3.8) is 0 Å². The van der Waals surface area contributed by atoms with Gasteiger partial charge in [0.2, 0.25) is 0 Å². The average Bonchev–Trinajstić information content (AvgIpc) is 3.08. The van der Waals surface area contributed by atoms with E-state index in [-0.39, 0.29) is 0 Å². The van der Waals surface area contributed by atoms with Crippen LogP contribution in [0.5, 0.6) is 0 Å². The molecule has 0 amide bonds. The first-order valence-electron chi connectivity index (χ1n) is 6.31. The predicted molar refractivity (Wildman–Crippen MR) is 67.7 cm³/mol. The molecule has 1 aromatic rings. The highest BCUT2D eigenvalue weighted by atomic mass is 16.5. The van der Waals surface area contributed by atoms with Crippen LogP contribution in [0.1, 0.15) is 19.3 Å². The summed E-state index contributed by atoms with van der Waals surface area (Å²) >= 11 is 0. The first-order chi connectivity index (χ1) is 8.29. The lowest BCUT2D eigenvalue weighted by Crippen LogP contribution is -2.31. The number of nitrogens with two attached hydrogens (primary N) is 1. The molecule has 0 unspecified atom stereocenters. The highest BCUT2D eigenvalue weighted by molar-refractivity contribution is 5.23. The first kappa shape index (κ1) is 12.4. The van der Waals surface area contributed by atoms with Gasteiger partial charge in [0.05, 0.1) is 6.61 Å². The van der Waals surface area contributed by atoms with Crippen molar-refractivity contribution in [3.8, 4) is 0 Å². The fourth-order valence-corrected chi connectivity index (χ4v) is 2.06. The summed E-state index contributed by atoms with van der Waals surface area (Å²) in [6.07, 6.45) is 5.74. The number of aromatic nitrogens is 2. The van der Waals surface area contributed by atoms with Gasteiger partial charge >= 0.3 is 0 Å². The lowest BCUT2D eigenvalue weighted by atomic mass is 10.3. The van der Waals surface area contributed by atoms with E-state index >= 15 is 0 Å². The molecule has 2 rings (SSSR count). The molecule has 1 heterocycles. The summed E-state index contributed by atoms with van der Waals surface area (Å²) in [5.74, 6) is 0.600. The molecule has 1 aliphatic rings. The Morgan fingerprint density at radius 1 is 1.53 bits per heavy atom. The molecular weight excluding hydrogens is 216 g/mol. The van der Waals surface area contributed by atoms with Gasteiger partial charge in [-0.25, -0.2) is 0 Å². The number of anilines is 1. The number of ether oxygens (including phenoxy) is 1. The Morgan fingerprint density at radius 2 is 2.35 bits per heavy atom. The SMILES string of the molecule is COCCN(CCCn1ccc(N)n1)C1CC1. The molecule has 2 N–H and O–H groups in total. The number of hydrogen-bond donors (Lipinski definition) is 1. The molecule has 0 bridgehead atoms. The molecule has 0 atom stereocenters. The Bertz CT molecular complexity index is 335. The Hall–Kier alpha value is -1.07. The fourth-order valence-electron chi connectivity index (χ4n) is 2.06. The van der Waals surface area contributed by atoms with Crippen LogP contribution in [0.4, 0.5) is 5.82 Å². The van der Waals surface area contributed by atoms with Crippen LogP contribution in [0.25, 0.3) is 0 Å². The summed E-state index contributed by atoms with van der Waals surface area (Å²) < 4.78 is 7.06. The van der Waals surface area contributed by atoms with Crippen molar-refractivity contribution >= 4 is 5.82 Å². The van der Waals surface area contributed by atoms with Crippen LogP contribution in [0.3, 0.4) is 0 Å². The van der Waals surface area contributed by atoms with Gasteiger partial charge < -0.3 is 10.5 Å². The minimum Gasteiger partial charge on any atom is -0.383 e. The van der Waals surface area contributed by atoms with E-state index in [0.717, 1.165) is 38.7 Å². The van der Waals surface area contributed by atoms with Gasteiger partial charge in [-0.1, -0.05) is 0 Å². The van der Waals surface area contributed by atoms with Crippen molar-refractivity contribution in [2.24, 2.45) is 0 Å². The zero-order valence-electron chi connectivity index (χ0n) is 10.5. The smallest absolute Gasteiger partial charge is 0.145 e. The van der Waals surface area contributed by atoms with Gasteiger partial charge in [-0.3, -0.25) is 9.58 Å². The Kier molecular flexibility index (Phi) is 4.39. The van der Waals surface area contributed by atoms with Crippen molar-refractivity contribution in [2.75, 3.05) is 32.5 Å². The molecule has 0 radical (unpaired) electrons. The lowest BCUT2D eigenvalue weighted by Gasteiger charge is -2.21. The predicted octanol–water partition coefficient (Wildman–Crippen LogP) is 0.966. The largest absolute Gasteiger partial charge is 0.383 e. The summed E-state index contributed by atoms with van der Waals surface area (Å²) in [6.45, 7) is 3.93. The molecule has 5 heteroatoms. The molecule has 0 aromatic carbocycles. The standard InChI is InChI=1S/C12H22N4O/c1-17-10-9-15(11-3-4-11)6-2-7-16-8-5-12(13)14-16/h5,8,11H,2-4,6-7,9-10H2,1H3,(H2,13,14). The Morgan fingerprint density at radius 3 is 2.94 bits per heavy atom. The van der Waals surface area contributed by atoms with Crippen molar-refractivity contribution in [2.45, 2.75) is 31.8 Å². The summed E-state index contributed by atoms with van der Waals surface area (Å²) in [7, 11) is 1.76. The molecule has 1 aromatic heterocycles. The van der Waals surface area contributed by atoms with Crippen molar-refractivity contribution in [1.82, 2.24) is 14.7 Å². The van der Waals surface area contributed by atoms with Gasteiger partial charge in [0.1, 0.15) is 5.82 Å². The van der Waals surface area contributed by atoms with Gasteiger partial charge in [0.25, 0.3) is 0 Å². The third-order valence-electron chi connectivity index (χ3n) is 3.14. The molecule has 0 aliphatic heterocycles. The summed E-state index contributed by atoms with van der Waals surface area (Å²) in [6, 6.07) is 2.64. The Balaban J connectivity index is 1.68. The molecule has 1 aliphatic carbocycles. The number of methoxy groups -OCH3 is 1. The molecule has 1 fully saturated rings. The second kappa shape index (κ2) is 6.02. The first-order valence-corrected chi connectivity index (χ1v) is 6.31. The molecule has 0 spiro atoms. The van der Waals surface area contributed by atoms with E-state index in [1.165, 1.54) is 12.8 Å². The van der Waals surface area contributed by atoms with E-state index < -0.39 is 0 Å². The maximum Gasteiger partial charge on any atom is 0.145 e. The van der Waals surface area contributed by atoms with Crippen LogP contribution in [0.2, 0.25) is 0 Å². The van der Waals surface area contributed by atoms with E-state index in [2.05, 4.69) is 10.00 Å². The second-order valence-electron chi connectivity index (χ2n) is 4.62. The van der Waals surface area contributed by atoms with Gasteiger partial charge in [-0.15, -0.1) is 0 Å². The molecule has 5 nitrogen and oxygen atoms in total. The summed E-state index contributed by atoms with van der Waals surface area (Å²) in [5, 5.41) is 4.18. The number of rotatable bonds is 8. The van der Waals surface area contributed by atoms with E-state index in [4.69, 9.17) is 10.5 Å². The summed E-state index contributed by atoms with van der Waals surface area (Å²) in [4.78, 5) is 2.52. The van der Waals surface area contributed by atoms with Crippen molar-refractivity contribution in [3.05, 3.63) is 12.3 Å². The maximum atomic E-state index is 5.58. The minimum atomic E-state index is 0.600. The van der Waals surface area contributed by atoms with Crippen LogP contribution < -0.4 is 5.73 Å². The highest BCUT2D eigenvalue weighted by Gasteiger charge is 2.27. The topological polar surface area (TPSA) is 56.3 Å². The van der Waals surface area contributed by atoms with Crippen molar-refractivity contribution in [1.29, 1.82) is 0 Å². The Labute approximate surface area is 103 Å². The molecule has 0 saturated heterocycles. The van der Waals surface area contributed by atoms with E-state index in [9.17, 15) is 0 Å². The normalized spacial score (nSPS) is 15.6. The minimum absolute atomic E-state index is 0.600. The van der Waals surface area contributed by atoms with Gasteiger partial charge in [-0.2, -0.15) is 5.10 Å². The van der Waals surface area contributed by atoms with Gasteiger partial charge in [0.15, 0.2) is 0 Å². The van der Waals surface area contributed by atoms with Crippen LogP contribution in [-0.4, -0.2) is 47.5 Å². The van der Waals surface area contributed by atoms with E-state index in [0.29, 0.717) is 5.82 Å². The van der Waals surface area contributed by atoms with E-state index in [1.54, 1.807) is 7.11 Å².